The van der Waals surface area contributed by atoms with Gasteiger partial charge in [-0.3, -0.25) is 14.7 Å². The van der Waals surface area contributed by atoms with Crippen molar-refractivity contribution in [1.29, 1.82) is 0 Å². The highest BCUT2D eigenvalue weighted by atomic mass is 16.5. The van der Waals surface area contributed by atoms with Gasteiger partial charge in [-0.05, 0) is 74.6 Å². The second-order valence-corrected chi connectivity index (χ2v) is 9.73. The molecule has 1 amide bonds. The summed E-state index contributed by atoms with van der Waals surface area (Å²) < 4.78 is 6.44. The average molecular weight is 465 g/mol. The summed E-state index contributed by atoms with van der Waals surface area (Å²) in [5.41, 5.74) is 3.91. The van der Waals surface area contributed by atoms with Crippen molar-refractivity contribution in [3.05, 3.63) is 59.6 Å². The Morgan fingerprint density at radius 1 is 1.29 bits per heavy atom. The molecule has 1 aliphatic heterocycles. The van der Waals surface area contributed by atoms with Crippen LogP contribution in [0.1, 0.15) is 61.0 Å². The second-order valence-electron chi connectivity index (χ2n) is 9.73. The van der Waals surface area contributed by atoms with E-state index < -0.39 is 0 Å². The molecule has 1 N–H and O–H groups in total. The van der Waals surface area contributed by atoms with E-state index in [0.717, 1.165) is 31.4 Å². The fraction of sp³-hybridized carbons (Fsp3) is 0.519. The topological polar surface area (TPSA) is 78.8 Å². The second kappa shape index (κ2) is 11.1. The average Bonchev–Trinajstić information content (AvgIpc) is 2.86. The summed E-state index contributed by atoms with van der Waals surface area (Å²) in [6, 6.07) is 5.68. The number of aliphatic hydroxyl groups excluding tert-OH is 1. The summed E-state index contributed by atoms with van der Waals surface area (Å²) in [5, 5.41) is 9.87. The van der Waals surface area contributed by atoms with Crippen molar-refractivity contribution in [3.63, 3.8) is 0 Å². The van der Waals surface area contributed by atoms with E-state index in [1.54, 1.807) is 17.3 Å². The Labute approximate surface area is 202 Å². The number of aromatic nitrogens is 2. The Hall–Kier alpha value is -2.77. The third-order valence-corrected chi connectivity index (χ3v) is 6.88. The van der Waals surface area contributed by atoms with E-state index in [-0.39, 0.29) is 30.6 Å². The predicted molar refractivity (Wildman–Crippen MR) is 132 cm³/mol. The van der Waals surface area contributed by atoms with Gasteiger partial charge in [0, 0.05) is 44.1 Å². The maximum atomic E-state index is 13.6. The van der Waals surface area contributed by atoms with Gasteiger partial charge in [0.2, 0.25) is 5.88 Å². The molecule has 2 aromatic rings. The molecule has 7 nitrogen and oxygen atoms in total. The van der Waals surface area contributed by atoms with Gasteiger partial charge in [-0.1, -0.05) is 13.0 Å². The van der Waals surface area contributed by atoms with Gasteiger partial charge in [0.05, 0.1) is 12.6 Å². The zero-order valence-electron chi connectivity index (χ0n) is 20.5. The van der Waals surface area contributed by atoms with Crippen LogP contribution in [0.3, 0.4) is 0 Å². The van der Waals surface area contributed by atoms with E-state index in [1.807, 2.05) is 31.3 Å². The standard InChI is InChI=1S/C27H36N4O3/c1-19-15-31(20(2)18-32)27(33)24-13-23(22-7-5-4-6-8-22)14-29-26(24)34-25(19)17-30(3)16-21-9-11-28-12-10-21/h7,9-14,19-20,25,32H,4-6,8,15-18H2,1-3H3/t19-,20-,25-/m0/s1. The van der Waals surface area contributed by atoms with Crippen LogP contribution in [0.5, 0.6) is 5.88 Å². The van der Waals surface area contributed by atoms with Crippen LogP contribution in [0.15, 0.2) is 42.9 Å². The van der Waals surface area contributed by atoms with E-state index in [1.165, 1.54) is 17.6 Å². The molecular weight excluding hydrogens is 428 g/mol. The monoisotopic (exact) mass is 464 g/mol. The number of pyridine rings is 2. The number of allylic oxidation sites excluding steroid dienone is 2. The van der Waals surface area contributed by atoms with Gasteiger partial charge in [-0.2, -0.15) is 0 Å². The molecule has 34 heavy (non-hydrogen) atoms. The first-order chi connectivity index (χ1) is 16.5. The molecule has 0 saturated heterocycles. The third-order valence-electron chi connectivity index (χ3n) is 6.88. The molecule has 182 valence electrons. The molecule has 0 unspecified atom stereocenters. The van der Waals surface area contributed by atoms with Crippen molar-refractivity contribution in [3.8, 4) is 5.88 Å². The molecule has 7 heteroatoms. The van der Waals surface area contributed by atoms with E-state index >= 15 is 0 Å². The summed E-state index contributed by atoms with van der Waals surface area (Å²) in [4.78, 5) is 26.3. The fourth-order valence-electron chi connectivity index (χ4n) is 4.77. The van der Waals surface area contributed by atoms with Crippen molar-refractivity contribution < 1.29 is 14.6 Å². The first kappa shape index (κ1) is 24.4. The maximum absolute atomic E-state index is 13.6. The molecule has 0 fully saturated rings. The number of ether oxygens (including phenoxy) is 1. The van der Waals surface area contributed by atoms with Gasteiger partial charge in [0.25, 0.3) is 5.91 Å². The van der Waals surface area contributed by atoms with Gasteiger partial charge in [-0.25, -0.2) is 4.98 Å². The van der Waals surface area contributed by atoms with Gasteiger partial charge in [0.15, 0.2) is 0 Å². The number of hydrogen-bond acceptors (Lipinski definition) is 6. The van der Waals surface area contributed by atoms with Gasteiger partial charge >= 0.3 is 0 Å². The number of carbonyl (C=O) groups is 1. The molecular formula is C27H36N4O3. The third kappa shape index (κ3) is 5.65. The Morgan fingerprint density at radius 2 is 2.09 bits per heavy atom. The number of carbonyl (C=O) groups excluding carboxylic acids is 1. The Morgan fingerprint density at radius 3 is 2.79 bits per heavy atom. The fourth-order valence-corrected chi connectivity index (χ4v) is 4.77. The quantitative estimate of drug-likeness (QED) is 0.672. The molecule has 0 spiro atoms. The van der Waals surface area contributed by atoms with Crippen LogP contribution < -0.4 is 4.74 Å². The number of fused-ring (bicyclic) bond motifs is 1. The minimum atomic E-state index is -0.284. The number of aliphatic hydroxyl groups is 1. The summed E-state index contributed by atoms with van der Waals surface area (Å²) in [6.45, 7) is 5.88. The lowest BCUT2D eigenvalue weighted by molar-refractivity contribution is 0.0325. The van der Waals surface area contributed by atoms with Crippen LogP contribution in [-0.2, 0) is 6.54 Å². The SMILES string of the molecule is C[C@H]1CN([C@@H](C)CO)C(=O)c2cc(C3=CCCCC3)cnc2O[C@H]1CN(C)Cc1ccncc1. The predicted octanol–water partition coefficient (Wildman–Crippen LogP) is 3.79. The highest BCUT2D eigenvalue weighted by Gasteiger charge is 2.34. The molecule has 3 atom stereocenters. The molecule has 4 rings (SSSR count). The first-order valence-electron chi connectivity index (χ1n) is 12.3. The van der Waals surface area contributed by atoms with Gasteiger partial charge < -0.3 is 14.7 Å². The summed E-state index contributed by atoms with van der Waals surface area (Å²) in [5.74, 6) is 0.320. The van der Waals surface area contributed by atoms with E-state index in [0.29, 0.717) is 24.5 Å². The van der Waals surface area contributed by atoms with Gasteiger partial charge in [0.1, 0.15) is 11.7 Å². The van der Waals surface area contributed by atoms with Crippen LogP contribution in [0.25, 0.3) is 5.57 Å². The first-order valence-corrected chi connectivity index (χ1v) is 12.3. The molecule has 0 radical (unpaired) electrons. The lowest BCUT2D eigenvalue weighted by atomic mass is 9.93. The molecule has 1 aliphatic carbocycles. The molecule has 0 saturated carbocycles. The normalized spacial score (nSPS) is 21.9. The zero-order valence-corrected chi connectivity index (χ0v) is 20.5. The van der Waals surface area contributed by atoms with Crippen molar-refractivity contribution in [1.82, 2.24) is 19.8 Å². The minimum absolute atomic E-state index is 0.0634. The zero-order chi connectivity index (χ0) is 24.1. The molecule has 3 heterocycles. The largest absolute Gasteiger partial charge is 0.472 e. The van der Waals surface area contributed by atoms with Gasteiger partial charge in [-0.15, -0.1) is 0 Å². The number of rotatable bonds is 7. The van der Waals surface area contributed by atoms with E-state index in [4.69, 9.17) is 4.74 Å². The number of nitrogens with zero attached hydrogens (tertiary/aromatic N) is 4. The van der Waals surface area contributed by atoms with Crippen molar-refractivity contribution in [2.24, 2.45) is 5.92 Å². The highest BCUT2D eigenvalue weighted by molar-refractivity contribution is 5.97. The lowest BCUT2D eigenvalue weighted by Gasteiger charge is -2.37. The Bertz CT molecular complexity index is 1010. The van der Waals surface area contributed by atoms with Crippen LogP contribution in [0.4, 0.5) is 0 Å². The summed E-state index contributed by atoms with van der Waals surface area (Å²) in [6.07, 6.45) is 12.0. The van der Waals surface area contributed by atoms with Crippen LogP contribution >= 0.6 is 0 Å². The molecule has 0 bridgehead atoms. The summed E-state index contributed by atoms with van der Waals surface area (Å²) in [7, 11) is 2.07. The summed E-state index contributed by atoms with van der Waals surface area (Å²) >= 11 is 0. The lowest BCUT2D eigenvalue weighted by Crippen LogP contribution is -2.49. The number of amides is 1. The molecule has 2 aromatic heterocycles. The van der Waals surface area contributed by atoms with Crippen LogP contribution in [-0.4, -0.2) is 69.7 Å². The Kier molecular flexibility index (Phi) is 7.95. The minimum Gasteiger partial charge on any atom is -0.472 e. The smallest absolute Gasteiger partial charge is 0.259 e. The Balaban J connectivity index is 1.63. The maximum Gasteiger partial charge on any atom is 0.259 e. The van der Waals surface area contributed by atoms with Crippen molar-refractivity contribution >= 4 is 11.5 Å². The van der Waals surface area contributed by atoms with Crippen molar-refractivity contribution in [2.45, 2.75) is 58.2 Å². The van der Waals surface area contributed by atoms with E-state index in [2.05, 4.69) is 34.9 Å². The molecule has 2 aliphatic rings. The van der Waals surface area contributed by atoms with Crippen LogP contribution in [0.2, 0.25) is 0 Å². The van der Waals surface area contributed by atoms with Crippen molar-refractivity contribution in [2.75, 3.05) is 26.7 Å². The van der Waals surface area contributed by atoms with E-state index in [9.17, 15) is 9.90 Å². The van der Waals surface area contributed by atoms with Crippen LogP contribution in [0, 0.1) is 5.92 Å². The highest BCUT2D eigenvalue weighted by Crippen LogP contribution is 2.32. The number of likely N-dealkylation sites (N-methyl/N-ethyl adjacent to an activating group) is 1. The number of hydrogen-bond donors (Lipinski definition) is 1. The molecule has 0 aromatic carbocycles.